The van der Waals surface area contributed by atoms with Gasteiger partial charge in [0.05, 0.1) is 44.7 Å². The van der Waals surface area contributed by atoms with Crippen molar-refractivity contribution in [2.75, 3.05) is 61.7 Å². The summed E-state index contributed by atoms with van der Waals surface area (Å²) in [6, 6.07) is 2.42. The number of ether oxygens (including phenoxy) is 5. The fraction of sp³-hybridized carbons (Fsp3) is 0.581. The van der Waals surface area contributed by atoms with Crippen molar-refractivity contribution < 1.29 is 104 Å². The van der Waals surface area contributed by atoms with Gasteiger partial charge in [0.15, 0.2) is 24.5 Å². The smallest absolute Gasteiger partial charge is 0.354 e. The summed E-state index contributed by atoms with van der Waals surface area (Å²) < 4.78 is 56.1. The van der Waals surface area contributed by atoms with E-state index in [1.807, 2.05) is 0 Å². The molecule has 476 valence electrons. The van der Waals surface area contributed by atoms with Crippen LogP contribution in [-0.2, 0) is 23.7 Å². The molecule has 0 amide bonds. The van der Waals surface area contributed by atoms with Gasteiger partial charge in [0.2, 0.25) is 23.9 Å². The maximum Gasteiger partial charge on any atom is 0.354 e. The summed E-state index contributed by atoms with van der Waals surface area (Å²) >= 11 is 0. The van der Waals surface area contributed by atoms with Crippen molar-refractivity contribution in [2.24, 2.45) is 0 Å². The molecule has 5 aromatic rings. The van der Waals surface area contributed by atoms with Crippen LogP contribution in [0.3, 0.4) is 0 Å². The Balaban J connectivity index is 0.000000172. The summed E-state index contributed by atoms with van der Waals surface area (Å²) in [7, 11) is 0. The van der Waals surface area contributed by atoms with Crippen molar-refractivity contribution in [2.45, 2.75) is 122 Å². The normalized spacial score (nSPS) is 31.3. The number of hydrogen-bond donors (Lipinski definition) is 20. The average Bonchev–Trinajstić information content (AvgIpc) is 1.81. The molecule has 0 bridgehead atoms. The number of aromatic nitrogens is 12. The molecular weight excluding hydrogens is 1180 g/mol. The first kappa shape index (κ1) is 67.5. The number of hydrogen-bond acceptors (Lipinski definition) is 36. The first-order valence-corrected chi connectivity index (χ1v) is 24.8. The Hall–Kier alpha value is -7.64. The van der Waals surface area contributed by atoms with Crippen LogP contribution in [0, 0.1) is 0 Å². The Morgan fingerprint density at radius 3 is 1.45 bits per heavy atom. The van der Waals surface area contributed by atoms with Crippen molar-refractivity contribution in [3.63, 3.8) is 0 Å². The summed E-state index contributed by atoms with van der Waals surface area (Å²) in [5.41, 5.74) is 22.5. The highest BCUT2D eigenvalue weighted by Crippen LogP contribution is 2.42. The summed E-state index contributed by atoms with van der Waals surface area (Å²) in [5, 5.41) is 131. The molecule has 25 N–H and O–H groups in total. The quantitative estimate of drug-likeness (QED) is 0.0577. The highest BCUT2D eigenvalue weighted by molar-refractivity contribution is 5.25. The molecule has 0 aromatic carbocycles. The molecule has 86 heavy (non-hydrogen) atoms. The number of nitrogens with one attached hydrogen (secondary N) is 1. The van der Waals surface area contributed by atoms with Gasteiger partial charge in [-0.05, 0) is 12.1 Å². The Morgan fingerprint density at radius 1 is 0.547 bits per heavy atom. The number of halogens is 2. The van der Waals surface area contributed by atoms with Crippen LogP contribution < -0.4 is 57.0 Å². The predicted octanol–water partition coefficient (Wildman–Crippen LogP) is -12.3. The van der Waals surface area contributed by atoms with E-state index in [9.17, 15) is 78.7 Å². The lowest BCUT2D eigenvalue weighted by Gasteiger charge is -2.25. The van der Waals surface area contributed by atoms with Crippen LogP contribution in [0.25, 0.3) is 0 Å². The third-order valence-electron chi connectivity index (χ3n) is 13.1. The third kappa shape index (κ3) is 14.8. The van der Waals surface area contributed by atoms with E-state index in [-0.39, 0.29) is 48.1 Å². The number of aliphatic hydroxyl groups is 14. The van der Waals surface area contributed by atoms with Crippen molar-refractivity contribution in [3.05, 3.63) is 101 Å². The van der Waals surface area contributed by atoms with Crippen LogP contribution >= 0.6 is 0 Å². The second kappa shape index (κ2) is 28.3. The number of anilines is 5. The summed E-state index contributed by atoms with van der Waals surface area (Å²) in [5.74, 6) is -6.93. The fourth-order valence-corrected chi connectivity index (χ4v) is 8.52. The number of aliphatic hydroxyl groups excluding tert-OH is 12. The van der Waals surface area contributed by atoms with Crippen LogP contribution in [0.1, 0.15) is 43.0 Å². The lowest BCUT2D eigenvalue weighted by molar-refractivity contribution is -0.249. The standard InChI is InChI=1S/C9H11F2N3O4.C9H13N3O6.C9H13N3O5.C8H12N4O5.C8H12N4O4/c10-9(11)6(16)4(3-15)18-7(9)14-2-1-5(12)13-8(14)17;10-5-1-2-12(8(15)11-5)7-9(16,17)6(14)4(3-13)18-7;10-9-11-1-3(8(16)12-9)7-6(15)5(14)4(2-13)17-7;9-7-10-2-12(8(16)11-7)6-5(15)4(14)3(1-13)17-6;9-7-10-3-12(8(15)11-7)6-1-4(14)5(2-13)16-6/h1-2,4,6-7,15-16H,3H2,(H2,12,13,17);1-2,4,6-7,13-14,16-17H,3H2,(H2,10,11,15);1,4-7,13-15H,2H2,(H3,10,11,12,16);2-6,13-15H,1H2,(H2,9,11,16);3-6,13-14H,1-2H2,(H2,9,11,15)/t2*4-,6?,7-;4-,5?,6+,7+;3-,4?,5+,6-;4?,5-,6-/m11111/s1. The molecule has 0 radical (unpaired) electrons. The van der Waals surface area contributed by atoms with Crippen LogP contribution in [-0.4, -0.2) is 248 Å². The molecule has 5 saturated heterocycles. The van der Waals surface area contributed by atoms with Crippen LogP contribution in [0.5, 0.6) is 0 Å². The first-order valence-electron chi connectivity index (χ1n) is 24.8. The van der Waals surface area contributed by atoms with E-state index in [1.54, 1.807) is 0 Å². The maximum atomic E-state index is 13.7. The second-order valence-corrected chi connectivity index (χ2v) is 18.8. The molecule has 10 rings (SSSR count). The highest BCUT2D eigenvalue weighted by Gasteiger charge is 2.60. The van der Waals surface area contributed by atoms with E-state index in [2.05, 4.69) is 39.9 Å². The predicted molar refractivity (Wildman–Crippen MR) is 274 cm³/mol. The van der Waals surface area contributed by atoms with Gasteiger partial charge in [-0.25, -0.2) is 34.1 Å². The monoisotopic (exact) mass is 1240 g/mol. The molecule has 0 aliphatic carbocycles. The van der Waals surface area contributed by atoms with Gasteiger partial charge in [-0.1, -0.05) is 0 Å². The highest BCUT2D eigenvalue weighted by atomic mass is 19.3. The average molecular weight is 1240 g/mol. The molecule has 43 heteroatoms. The molecule has 5 aromatic heterocycles. The zero-order chi connectivity index (χ0) is 63.9. The number of H-pyrrole nitrogens is 1. The Kier molecular flexibility index (Phi) is 22.2. The van der Waals surface area contributed by atoms with E-state index in [1.165, 1.54) is 18.6 Å². The van der Waals surface area contributed by atoms with E-state index in [4.69, 9.17) is 77.9 Å². The zero-order valence-corrected chi connectivity index (χ0v) is 44.0. The van der Waals surface area contributed by atoms with E-state index in [0.717, 1.165) is 38.5 Å². The number of nitrogens with zero attached hydrogens (tertiary/aromatic N) is 11. The van der Waals surface area contributed by atoms with Gasteiger partial charge < -0.3 is 124 Å². The molecule has 5 aliphatic heterocycles. The van der Waals surface area contributed by atoms with Gasteiger partial charge in [-0.15, -0.1) is 0 Å². The minimum absolute atomic E-state index is 0.0324. The number of rotatable bonds is 10. The van der Waals surface area contributed by atoms with Crippen LogP contribution in [0.2, 0.25) is 0 Å². The zero-order valence-electron chi connectivity index (χ0n) is 44.0. The Morgan fingerprint density at radius 2 is 1.01 bits per heavy atom. The first-order chi connectivity index (χ1) is 40.4. The number of nitrogen functional groups attached to an aromatic ring is 5. The van der Waals surface area contributed by atoms with Crippen molar-refractivity contribution in [3.8, 4) is 0 Å². The van der Waals surface area contributed by atoms with E-state index in [0.29, 0.717) is 4.57 Å². The van der Waals surface area contributed by atoms with Gasteiger partial charge in [0.1, 0.15) is 97.7 Å². The lowest BCUT2D eigenvalue weighted by atomic mass is 10.0. The Labute approximate surface area is 476 Å². The molecular formula is C43H61F2N17O24. The van der Waals surface area contributed by atoms with E-state index < -0.39 is 171 Å². The minimum Gasteiger partial charge on any atom is -0.394 e. The molecule has 5 fully saturated rings. The number of nitrogens with two attached hydrogens (primary N) is 5. The SMILES string of the molecule is Nc1ccn([C@@H]2O[C@H](CO)C(O)C2(F)F)c(=O)n1.Nc1ccn([C@@H]2O[C@H](CO)C(O)C2(O)O)c(=O)n1.Nc1ncc([C@@H]2O[C@H](CO)C(O)[C@@H]2O)c(=O)[nH]1.Nc1ncn([C@@H]2O[C@H](CO)C(O)[C@@H]2O)c(=O)n1.Nc1ncn([C@H]2CC(O)[C@@H](CO)O2)c(=O)n1. The van der Waals surface area contributed by atoms with Gasteiger partial charge in [-0.3, -0.25) is 28.0 Å². The minimum atomic E-state index is -3.71. The molecule has 0 saturated carbocycles. The number of alkyl halides is 2. The van der Waals surface area contributed by atoms with Crippen molar-refractivity contribution in [1.82, 2.24) is 58.1 Å². The number of aromatic amines is 1. The molecule has 5 aliphatic rings. The molecule has 10 heterocycles. The third-order valence-corrected chi connectivity index (χ3v) is 13.1. The van der Waals surface area contributed by atoms with Gasteiger partial charge in [0, 0.05) is 25.0 Å². The van der Waals surface area contributed by atoms with Gasteiger partial charge in [0.25, 0.3) is 5.56 Å². The van der Waals surface area contributed by atoms with Crippen molar-refractivity contribution in [1.29, 1.82) is 0 Å². The molecule has 5 unspecified atom stereocenters. The second-order valence-electron chi connectivity index (χ2n) is 18.8. The summed E-state index contributed by atoms with van der Waals surface area (Å²) in [4.78, 5) is 84.1. The summed E-state index contributed by atoms with van der Waals surface area (Å²) in [6.07, 6.45) is -15.8. The molecule has 17 atom stereocenters. The lowest BCUT2D eigenvalue weighted by Crippen LogP contribution is -2.48. The molecule has 0 spiro atoms. The Bertz CT molecular complexity index is 3210. The van der Waals surface area contributed by atoms with Crippen LogP contribution in [0.4, 0.5) is 38.3 Å². The van der Waals surface area contributed by atoms with Gasteiger partial charge >= 0.3 is 28.7 Å². The van der Waals surface area contributed by atoms with E-state index >= 15 is 0 Å². The summed E-state index contributed by atoms with van der Waals surface area (Å²) in [6.45, 7) is -2.64. The van der Waals surface area contributed by atoms with Gasteiger partial charge in [-0.2, -0.15) is 28.7 Å². The largest absolute Gasteiger partial charge is 0.394 e. The van der Waals surface area contributed by atoms with Crippen molar-refractivity contribution >= 4 is 29.5 Å². The molecule has 41 nitrogen and oxygen atoms in total. The topological polar surface area (TPSA) is 671 Å². The van der Waals surface area contributed by atoms with Crippen LogP contribution in [0.15, 0.2) is 67.4 Å². The fourth-order valence-electron chi connectivity index (χ4n) is 8.52. The maximum absolute atomic E-state index is 13.7.